The Labute approximate surface area is 265 Å². The predicted octanol–water partition coefficient (Wildman–Crippen LogP) is 12.3. The van der Waals surface area contributed by atoms with Gasteiger partial charge in [0.25, 0.3) is 0 Å². The Balaban J connectivity index is 1.31. The first-order valence-corrected chi connectivity index (χ1v) is 16.1. The highest BCUT2D eigenvalue weighted by Crippen LogP contribution is 2.45. The molecular weight excluding hydrogens is 565 g/mol. The van der Waals surface area contributed by atoms with Gasteiger partial charge in [0.15, 0.2) is 0 Å². The Bertz CT molecular complexity index is 2460. The molecule has 0 unspecified atom stereocenters. The average molecular weight is 593 g/mol. The van der Waals surface area contributed by atoms with Gasteiger partial charge in [-0.1, -0.05) is 103 Å². The van der Waals surface area contributed by atoms with Crippen LogP contribution in [-0.2, 0) is 0 Å². The van der Waals surface area contributed by atoms with Crippen LogP contribution in [0.5, 0.6) is 0 Å². The van der Waals surface area contributed by atoms with Crippen molar-refractivity contribution in [2.75, 3.05) is 4.90 Å². The summed E-state index contributed by atoms with van der Waals surface area (Å²) in [5.74, 6) is 0. The zero-order valence-electron chi connectivity index (χ0n) is 24.5. The molecule has 3 heteroatoms. The Morgan fingerprint density at radius 1 is 0.422 bits per heavy atom. The lowest BCUT2D eigenvalue weighted by Crippen LogP contribution is -2.09. The first-order valence-electron chi connectivity index (χ1n) is 15.3. The van der Waals surface area contributed by atoms with Gasteiger partial charge in [-0.05, 0) is 77.9 Å². The van der Waals surface area contributed by atoms with Crippen LogP contribution in [-0.4, -0.2) is 4.57 Å². The zero-order chi connectivity index (χ0) is 29.7. The highest BCUT2D eigenvalue weighted by molar-refractivity contribution is 7.26. The first kappa shape index (κ1) is 25.8. The maximum Gasteiger partial charge on any atom is 0.0555 e. The fourth-order valence-electron chi connectivity index (χ4n) is 6.73. The van der Waals surface area contributed by atoms with Gasteiger partial charge in [-0.2, -0.15) is 0 Å². The van der Waals surface area contributed by atoms with E-state index in [4.69, 9.17) is 0 Å². The largest absolute Gasteiger partial charge is 0.310 e. The molecule has 0 fully saturated rings. The van der Waals surface area contributed by atoms with E-state index in [2.05, 4.69) is 179 Å². The lowest BCUT2D eigenvalue weighted by molar-refractivity contribution is 1.18. The average Bonchev–Trinajstić information content (AvgIpc) is 3.65. The molecule has 0 saturated carbocycles. The molecule has 45 heavy (non-hydrogen) atoms. The highest BCUT2D eigenvalue weighted by atomic mass is 32.1. The van der Waals surface area contributed by atoms with E-state index in [1.165, 1.54) is 58.8 Å². The minimum atomic E-state index is 1.12. The third-order valence-corrected chi connectivity index (χ3v) is 9.98. The van der Waals surface area contributed by atoms with E-state index >= 15 is 0 Å². The second kappa shape index (κ2) is 10.5. The number of thiophene rings is 1. The van der Waals surface area contributed by atoms with Gasteiger partial charge in [0.2, 0.25) is 0 Å². The van der Waals surface area contributed by atoms with Gasteiger partial charge in [0, 0.05) is 53.7 Å². The first-order chi connectivity index (χ1) is 22.3. The molecule has 0 atom stereocenters. The molecule has 0 amide bonds. The summed E-state index contributed by atoms with van der Waals surface area (Å²) < 4.78 is 5.07. The van der Waals surface area contributed by atoms with Gasteiger partial charge in [-0.25, -0.2) is 0 Å². The van der Waals surface area contributed by atoms with Gasteiger partial charge < -0.3 is 9.47 Å². The molecule has 0 saturated heterocycles. The maximum atomic E-state index is 2.42. The number of aromatic nitrogens is 1. The van der Waals surface area contributed by atoms with Crippen LogP contribution >= 0.6 is 11.3 Å². The quantitative estimate of drug-likeness (QED) is 0.193. The number of hydrogen-bond donors (Lipinski definition) is 0. The molecule has 0 aliphatic heterocycles. The number of para-hydroxylation sites is 2. The predicted molar refractivity (Wildman–Crippen MR) is 194 cm³/mol. The number of benzene rings is 7. The van der Waals surface area contributed by atoms with Crippen molar-refractivity contribution in [1.29, 1.82) is 0 Å². The van der Waals surface area contributed by atoms with Crippen LogP contribution < -0.4 is 4.90 Å². The number of rotatable bonds is 5. The second-order valence-electron chi connectivity index (χ2n) is 11.4. The van der Waals surface area contributed by atoms with E-state index in [1.807, 2.05) is 11.3 Å². The van der Waals surface area contributed by atoms with E-state index in [1.54, 1.807) is 0 Å². The van der Waals surface area contributed by atoms with Crippen LogP contribution in [0.2, 0.25) is 0 Å². The highest BCUT2D eigenvalue weighted by Gasteiger charge is 2.20. The van der Waals surface area contributed by atoms with E-state index in [0.29, 0.717) is 0 Å². The smallest absolute Gasteiger partial charge is 0.0555 e. The van der Waals surface area contributed by atoms with E-state index in [-0.39, 0.29) is 0 Å². The van der Waals surface area contributed by atoms with Crippen molar-refractivity contribution in [3.05, 3.63) is 170 Å². The standard InChI is InChI=1S/C42H28N2S/c1-4-12-29(13-5-1)30-20-22-33(23-21-30)43(31-14-6-2-7-15-31)34-24-26-38-37(28-34)41-39(44(38)32-16-8-3-9-17-32)27-25-36-35-18-10-11-19-40(35)45-42(36)41/h1-28H. The van der Waals surface area contributed by atoms with E-state index in [0.717, 1.165) is 17.1 Å². The molecule has 0 aliphatic carbocycles. The van der Waals surface area contributed by atoms with Crippen LogP contribution in [0.25, 0.3) is 58.8 Å². The monoisotopic (exact) mass is 592 g/mol. The molecule has 212 valence electrons. The number of fused-ring (bicyclic) bond motifs is 7. The van der Waals surface area contributed by atoms with Crippen LogP contribution in [0, 0.1) is 0 Å². The Morgan fingerprint density at radius 2 is 1.02 bits per heavy atom. The summed E-state index contributed by atoms with van der Waals surface area (Å²) >= 11 is 1.89. The number of hydrogen-bond acceptors (Lipinski definition) is 2. The number of nitrogens with zero attached hydrogens (tertiary/aromatic N) is 2. The third-order valence-electron chi connectivity index (χ3n) is 8.78. The van der Waals surface area contributed by atoms with Gasteiger partial charge in [-0.3, -0.25) is 0 Å². The van der Waals surface area contributed by atoms with Crippen molar-refractivity contribution in [3.8, 4) is 16.8 Å². The zero-order valence-corrected chi connectivity index (χ0v) is 25.3. The summed E-state index contributed by atoms with van der Waals surface area (Å²) in [6.07, 6.45) is 0. The lowest BCUT2D eigenvalue weighted by Gasteiger charge is -2.26. The minimum absolute atomic E-state index is 1.12. The molecular formula is C42H28N2S. The fourth-order valence-corrected chi connectivity index (χ4v) is 7.99. The SMILES string of the molecule is c1ccc(-c2ccc(N(c3ccccc3)c3ccc4c(c3)c3c5sc6ccccc6c5ccc3n4-c3ccccc3)cc2)cc1. The molecule has 7 aromatic carbocycles. The molecule has 2 aromatic heterocycles. The summed E-state index contributed by atoms with van der Waals surface area (Å²) in [6, 6.07) is 61.2. The van der Waals surface area contributed by atoms with Crippen LogP contribution in [0.4, 0.5) is 17.1 Å². The molecule has 2 heterocycles. The fraction of sp³-hybridized carbons (Fsp3) is 0. The van der Waals surface area contributed by atoms with Crippen molar-refractivity contribution in [3.63, 3.8) is 0 Å². The van der Waals surface area contributed by atoms with Crippen LogP contribution in [0.1, 0.15) is 0 Å². The normalized spacial score (nSPS) is 11.6. The summed E-state index contributed by atoms with van der Waals surface area (Å²) in [7, 11) is 0. The van der Waals surface area contributed by atoms with Gasteiger partial charge in [0.05, 0.1) is 11.0 Å². The van der Waals surface area contributed by atoms with Crippen molar-refractivity contribution in [1.82, 2.24) is 4.57 Å². The van der Waals surface area contributed by atoms with Crippen molar-refractivity contribution in [2.24, 2.45) is 0 Å². The maximum absolute atomic E-state index is 2.42. The Hall–Kier alpha value is -5.64. The van der Waals surface area contributed by atoms with Gasteiger partial charge in [0.1, 0.15) is 0 Å². The van der Waals surface area contributed by atoms with Crippen LogP contribution in [0.15, 0.2) is 170 Å². The molecule has 2 nitrogen and oxygen atoms in total. The van der Waals surface area contributed by atoms with Crippen molar-refractivity contribution >= 4 is 70.4 Å². The van der Waals surface area contributed by atoms with E-state index in [9.17, 15) is 0 Å². The van der Waals surface area contributed by atoms with Gasteiger partial charge >= 0.3 is 0 Å². The van der Waals surface area contributed by atoms with Crippen LogP contribution in [0.3, 0.4) is 0 Å². The lowest BCUT2D eigenvalue weighted by atomic mass is 10.0. The Kier molecular flexibility index (Phi) is 6.03. The minimum Gasteiger partial charge on any atom is -0.310 e. The molecule has 0 aliphatic rings. The van der Waals surface area contributed by atoms with Gasteiger partial charge in [-0.15, -0.1) is 11.3 Å². The summed E-state index contributed by atoms with van der Waals surface area (Å²) in [5, 5.41) is 5.20. The second-order valence-corrected chi connectivity index (χ2v) is 12.4. The Morgan fingerprint density at radius 3 is 1.80 bits per heavy atom. The molecule has 0 bridgehead atoms. The summed E-state index contributed by atoms with van der Waals surface area (Å²) in [5.41, 5.74) is 9.41. The number of anilines is 3. The molecule has 0 N–H and O–H groups in total. The molecule has 0 spiro atoms. The summed E-state index contributed by atoms with van der Waals surface area (Å²) in [4.78, 5) is 2.37. The van der Waals surface area contributed by atoms with Crippen molar-refractivity contribution in [2.45, 2.75) is 0 Å². The van der Waals surface area contributed by atoms with E-state index < -0.39 is 0 Å². The molecule has 0 radical (unpaired) electrons. The third kappa shape index (κ3) is 4.24. The molecule has 9 rings (SSSR count). The van der Waals surface area contributed by atoms with Crippen molar-refractivity contribution < 1.29 is 0 Å². The summed E-state index contributed by atoms with van der Waals surface area (Å²) in [6.45, 7) is 0. The topological polar surface area (TPSA) is 8.17 Å². The molecule has 9 aromatic rings.